The molecule has 1 aliphatic rings. The molecule has 1 N–H and O–H groups in total. The van der Waals surface area contributed by atoms with E-state index in [1.54, 1.807) is 0 Å². The Kier molecular flexibility index (Phi) is 4.90. The van der Waals surface area contributed by atoms with Crippen molar-refractivity contribution in [2.24, 2.45) is 0 Å². The van der Waals surface area contributed by atoms with Crippen molar-refractivity contribution in [3.05, 3.63) is 63.2 Å². The number of hydrogen-bond donors (Lipinski definition) is 1. The highest BCUT2D eigenvalue weighted by Crippen LogP contribution is 2.31. The van der Waals surface area contributed by atoms with Crippen LogP contribution in [-0.4, -0.2) is 11.4 Å². The van der Waals surface area contributed by atoms with Crippen LogP contribution in [0.1, 0.15) is 42.1 Å². The van der Waals surface area contributed by atoms with Gasteiger partial charge in [-0.25, -0.2) is 0 Å². The fourth-order valence-electron chi connectivity index (χ4n) is 2.67. The van der Waals surface area contributed by atoms with Crippen LogP contribution in [0.25, 0.3) is 0 Å². The van der Waals surface area contributed by atoms with E-state index in [9.17, 15) is 4.79 Å². The predicted molar refractivity (Wildman–Crippen MR) is 99.7 cm³/mol. The summed E-state index contributed by atoms with van der Waals surface area (Å²) in [4.78, 5) is 12.4. The molecular weight excluding hydrogens is 401 g/mol. The molecule has 3 nitrogen and oxygen atoms in total. The lowest BCUT2D eigenvalue weighted by molar-refractivity contribution is 0.0850. The largest absolute Gasteiger partial charge is 0.488 e. The van der Waals surface area contributed by atoms with Crippen molar-refractivity contribution in [2.75, 3.05) is 0 Å². The zero-order valence-corrected chi connectivity index (χ0v) is 15.3. The molecule has 0 radical (unpaired) electrons. The molecule has 1 aliphatic carbocycles. The highest BCUT2D eigenvalue weighted by atomic mass is 127. The number of hydrogen-bond acceptors (Lipinski definition) is 2. The Bertz CT molecular complexity index is 696. The van der Waals surface area contributed by atoms with Gasteiger partial charge in [0.25, 0.3) is 5.91 Å². The summed E-state index contributed by atoms with van der Waals surface area (Å²) in [5.74, 6) is 0.731. The van der Waals surface area contributed by atoms with Crippen LogP contribution in [0.3, 0.4) is 0 Å². The van der Waals surface area contributed by atoms with Crippen LogP contribution in [-0.2, 0) is 6.61 Å². The molecule has 4 heteroatoms. The van der Waals surface area contributed by atoms with Crippen molar-refractivity contribution in [3.8, 4) is 5.75 Å². The van der Waals surface area contributed by atoms with Gasteiger partial charge in [0.05, 0.1) is 3.57 Å². The van der Waals surface area contributed by atoms with E-state index in [4.69, 9.17) is 4.74 Å². The average Bonchev–Trinajstić information content (AvgIpc) is 2.53. The summed E-state index contributed by atoms with van der Waals surface area (Å²) >= 11 is 2.23. The standard InChI is InChI=1S/C19H20INO2/c1-19(10-5-11-19)21-18(22)15-8-9-16(20)17(12-15)23-13-14-6-3-2-4-7-14/h2-4,6-9,12H,5,10-11,13H2,1H3,(H,21,22). The maximum Gasteiger partial charge on any atom is 0.251 e. The van der Waals surface area contributed by atoms with E-state index in [-0.39, 0.29) is 11.4 Å². The number of amides is 1. The molecule has 0 aromatic heterocycles. The molecule has 0 atom stereocenters. The second kappa shape index (κ2) is 6.91. The first-order valence-electron chi connectivity index (χ1n) is 7.85. The van der Waals surface area contributed by atoms with E-state index in [0.29, 0.717) is 12.2 Å². The Morgan fingerprint density at radius 3 is 2.61 bits per heavy atom. The number of benzene rings is 2. The number of nitrogens with one attached hydrogen (secondary N) is 1. The lowest BCUT2D eigenvalue weighted by atomic mass is 9.78. The van der Waals surface area contributed by atoms with E-state index in [2.05, 4.69) is 34.8 Å². The van der Waals surface area contributed by atoms with E-state index < -0.39 is 0 Å². The molecule has 0 unspecified atom stereocenters. The molecule has 0 spiro atoms. The van der Waals surface area contributed by atoms with Crippen molar-refractivity contribution in [1.82, 2.24) is 5.32 Å². The van der Waals surface area contributed by atoms with E-state index in [1.807, 2.05) is 48.5 Å². The number of carbonyl (C=O) groups is 1. The average molecular weight is 421 g/mol. The highest BCUT2D eigenvalue weighted by Gasteiger charge is 2.33. The zero-order chi connectivity index (χ0) is 16.3. The fraction of sp³-hybridized carbons (Fsp3) is 0.316. The normalized spacial score (nSPS) is 15.6. The lowest BCUT2D eigenvalue weighted by Crippen LogP contribution is -2.50. The summed E-state index contributed by atoms with van der Waals surface area (Å²) in [5, 5.41) is 3.13. The summed E-state index contributed by atoms with van der Waals surface area (Å²) < 4.78 is 6.90. The highest BCUT2D eigenvalue weighted by molar-refractivity contribution is 14.1. The molecule has 1 saturated carbocycles. The summed E-state index contributed by atoms with van der Waals surface area (Å²) in [5.41, 5.74) is 1.73. The first-order chi connectivity index (χ1) is 11.1. The smallest absolute Gasteiger partial charge is 0.251 e. The van der Waals surface area contributed by atoms with Gasteiger partial charge in [-0.2, -0.15) is 0 Å². The maximum atomic E-state index is 12.4. The van der Waals surface area contributed by atoms with Gasteiger partial charge in [0.2, 0.25) is 0 Å². The summed E-state index contributed by atoms with van der Waals surface area (Å²) in [6.07, 6.45) is 3.30. The van der Waals surface area contributed by atoms with Crippen LogP contribution in [0, 0.1) is 3.57 Å². The third-order valence-corrected chi connectivity index (χ3v) is 5.19. The van der Waals surface area contributed by atoms with Gasteiger partial charge in [-0.15, -0.1) is 0 Å². The first-order valence-corrected chi connectivity index (χ1v) is 8.92. The Morgan fingerprint density at radius 1 is 1.22 bits per heavy atom. The molecule has 120 valence electrons. The van der Waals surface area contributed by atoms with Gasteiger partial charge in [0.15, 0.2) is 0 Å². The van der Waals surface area contributed by atoms with Crippen molar-refractivity contribution in [3.63, 3.8) is 0 Å². The lowest BCUT2D eigenvalue weighted by Gasteiger charge is -2.39. The predicted octanol–water partition coefficient (Wildman–Crippen LogP) is 4.54. The number of ether oxygens (including phenoxy) is 1. The molecule has 23 heavy (non-hydrogen) atoms. The van der Waals surface area contributed by atoms with Crippen molar-refractivity contribution >= 4 is 28.5 Å². The van der Waals surface area contributed by atoms with E-state index in [0.717, 1.165) is 27.7 Å². The Balaban J connectivity index is 1.69. The molecule has 3 rings (SSSR count). The van der Waals surface area contributed by atoms with Crippen molar-refractivity contribution < 1.29 is 9.53 Å². The van der Waals surface area contributed by atoms with Crippen LogP contribution < -0.4 is 10.1 Å². The molecule has 1 fully saturated rings. The molecule has 0 saturated heterocycles. The monoisotopic (exact) mass is 421 g/mol. The SMILES string of the molecule is CC1(NC(=O)c2ccc(I)c(OCc3ccccc3)c2)CCC1. The molecule has 2 aromatic carbocycles. The van der Waals surface area contributed by atoms with Crippen molar-refractivity contribution in [1.29, 1.82) is 0 Å². The fourth-order valence-corrected chi connectivity index (χ4v) is 3.16. The Hall–Kier alpha value is -1.56. The quantitative estimate of drug-likeness (QED) is 0.720. The van der Waals surface area contributed by atoms with Crippen LogP contribution in [0.4, 0.5) is 0 Å². The molecule has 0 heterocycles. The van der Waals surface area contributed by atoms with Gasteiger partial charge in [-0.1, -0.05) is 30.3 Å². The molecular formula is C19H20INO2. The topological polar surface area (TPSA) is 38.3 Å². The van der Waals surface area contributed by atoms with E-state index in [1.165, 1.54) is 6.42 Å². The second-order valence-electron chi connectivity index (χ2n) is 6.29. The minimum Gasteiger partial charge on any atom is -0.488 e. The van der Waals surface area contributed by atoms with Crippen LogP contribution in [0.2, 0.25) is 0 Å². The minimum atomic E-state index is -0.0366. The van der Waals surface area contributed by atoms with Crippen molar-refractivity contribution in [2.45, 2.75) is 38.3 Å². The van der Waals surface area contributed by atoms with Crippen LogP contribution in [0.5, 0.6) is 5.75 Å². The molecule has 0 aliphatic heterocycles. The van der Waals surface area contributed by atoms with Gasteiger partial charge in [-0.05, 0) is 72.5 Å². The summed E-state index contributed by atoms with van der Waals surface area (Å²) in [6.45, 7) is 2.60. The Labute approximate surface area is 150 Å². The first kappa shape index (κ1) is 16.3. The number of rotatable bonds is 5. The molecule has 2 aromatic rings. The maximum absolute atomic E-state index is 12.4. The Morgan fingerprint density at radius 2 is 1.96 bits per heavy atom. The third-order valence-electron chi connectivity index (χ3n) is 4.30. The van der Waals surface area contributed by atoms with Gasteiger partial charge in [0.1, 0.15) is 12.4 Å². The van der Waals surface area contributed by atoms with Gasteiger partial charge in [-0.3, -0.25) is 4.79 Å². The van der Waals surface area contributed by atoms with E-state index >= 15 is 0 Å². The number of halogens is 1. The van der Waals surface area contributed by atoms with Gasteiger partial charge >= 0.3 is 0 Å². The van der Waals surface area contributed by atoms with Crippen LogP contribution in [0.15, 0.2) is 48.5 Å². The van der Waals surface area contributed by atoms with Gasteiger partial charge < -0.3 is 10.1 Å². The number of carbonyl (C=O) groups excluding carboxylic acids is 1. The van der Waals surface area contributed by atoms with Crippen LogP contribution >= 0.6 is 22.6 Å². The summed E-state index contributed by atoms with van der Waals surface area (Å²) in [7, 11) is 0. The third kappa shape index (κ3) is 4.05. The zero-order valence-electron chi connectivity index (χ0n) is 13.1. The second-order valence-corrected chi connectivity index (χ2v) is 7.45. The molecule has 0 bridgehead atoms. The molecule has 1 amide bonds. The minimum absolute atomic E-state index is 0.0202. The summed E-state index contributed by atoms with van der Waals surface area (Å²) in [6, 6.07) is 15.6. The van der Waals surface area contributed by atoms with Gasteiger partial charge in [0, 0.05) is 11.1 Å².